The molecule has 1 saturated heterocycles. The Morgan fingerprint density at radius 1 is 1.19 bits per heavy atom. The van der Waals surface area contributed by atoms with Crippen LogP contribution in [0.1, 0.15) is 70.7 Å². The van der Waals surface area contributed by atoms with Gasteiger partial charge in [0.2, 0.25) is 0 Å². The fourth-order valence-corrected chi connectivity index (χ4v) is 3.48. The summed E-state index contributed by atoms with van der Waals surface area (Å²) in [5.74, 6) is -0.343. The molecule has 32 heavy (non-hydrogen) atoms. The molecule has 1 fully saturated rings. The number of nitrogens with one attached hydrogen (secondary N) is 1. The van der Waals surface area contributed by atoms with Crippen molar-refractivity contribution in [3.63, 3.8) is 0 Å². The van der Waals surface area contributed by atoms with Crippen LogP contribution in [0, 0.1) is 11.7 Å². The minimum Gasteiger partial charge on any atom is -0.493 e. The summed E-state index contributed by atoms with van der Waals surface area (Å²) in [5.41, 5.74) is -1.40. The van der Waals surface area contributed by atoms with Crippen LogP contribution in [0.15, 0.2) is 18.2 Å². The lowest BCUT2D eigenvalue weighted by molar-refractivity contribution is 0.0179. The van der Waals surface area contributed by atoms with E-state index in [4.69, 9.17) is 9.47 Å². The number of hydrogen-bond acceptors (Lipinski definition) is 5. The maximum absolute atomic E-state index is 14.3. The maximum atomic E-state index is 14.3. The van der Waals surface area contributed by atoms with Crippen LogP contribution in [0.4, 0.5) is 9.18 Å². The summed E-state index contributed by atoms with van der Waals surface area (Å²) in [5, 5.41) is 11.8. The summed E-state index contributed by atoms with van der Waals surface area (Å²) in [6.07, 6.45) is 3.41. The fraction of sp³-hybridized carbons (Fsp3) is 0.667. The Morgan fingerprint density at radius 3 is 2.41 bits per heavy atom. The number of aliphatic hydroxyl groups is 1. The van der Waals surface area contributed by atoms with Gasteiger partial charge in [-0.3, -0.25) is 4.79 Å². The average Bonchev–Trinajstić information content (AvgIpc) is 2.70. The van der Waals surface area contributed by atoms with Gasteiger partial charge in [0, 0.05) is 19.2 Å². The van der Waals surface area contributed by atoms with Crippen molar-refractivity contribution in [3.05, 3.63) is 29.6 Å². The quantitative estimate of drug-likeness (QED) is 0.579. The molecular formula is C24H37FN2O5. The zero-order valence-electron chi connectivity index (χ0n) is 19.9. The predicted molar refractivity (Wildman–Crippen MR) is 120 cm³/mol. The number of ether oxygens (including phenoxy) is 2. The van der Waals surface area contributed by atoms with E-state index in [2.05, 4.69) is 5.32 Å². The van der Waals surface area contributed by atoms with Crippen LogP contribution in [0.5, 0.6) is 5.75 Å². The van der Waals surface area contributed by atoms with Crippen molar-refractivity contribution < 1.29 is 28.6 Å². The molecule has 1 aliphatic rings. The summed E-state index contributed by atoms with van der Waals surface area (Å²) in [4.78, 5) is 26.1. The highest BCUT2D eigenvalue weighted by Crippen LogP contribution is 2.24. The summed E-state index contributed by atoms with van der Waals surface area (Å²) < 4.78 is 25.4. The lowest BCUT2D eigenvalue weighted by Crippen LogP contribution is -2.46. The lowest BCUT2D eigenvalue weighted by Gasteiger charge is -2.33. The molecule has 0 spiro atoms. The van der Waals surface area contributed by atoms with E-state index in [0.29, 0.717) is 31.4 Å². The number of rotatable bonds is 8. The third-order valence-electron chi connectivity index (χ3n) is 5.32. The molecule has 180 valence electrons. The van der Waals surface area contributed by atoms with Crippen LogP contribution in [0.25, 0.3) is 0 Å². The van der Waals surface area contributed by atoms with Gasteiger partial charge in [-0.2, -0.15) is 0 Å². The topological polar surface area (TPSA) is 88.1 Å². The Balaban J connectivity index is 1.72. The van der Waals surface area contributed by atoms with Gasteiger partial charge in [0.1, 0.15) is 17.2 Å². The van der Waals surface area contributed by atoms with Crippen molar-refractivity contribution in [1.82, 2.24) is 10.2 Å². The Hall–Kier alpha value is -2.35. The zero-order chi connectivity index (χ0) is 23.9. The van der Waals surface area contributed by atoms with Crippen LogP contribution >= 0.6 is 0 Å². The molecular weight excluding hydrogens is 415 g/mol. The molecule has 1 aromatic carbocycles. The fourth-order valence-electron chi connectivity index (χ4n) is 3.48. The highest BCUT2D eigenvalue weighted by atomic mass is 19.1. The van der Waals surface area contributed by atoms with Crippen molar-refractivity contribution in [2.45, 2.75) is 71.4 Å². The molecule has 0 bridgehead atoms. The molecule has 0 aromatic heterocycles. The molecule has 1 aliphatic heterocycles. The standard InChI is InChI=1S/C24H37FN2O5/c1-23(2,3)32-22(30)27-12-10-17(11-13-27)7-6-14-31-18-8-9-19(20(25)15-18)21(29)26-24(4,5)16-28/h8-9,15,17,28H,6-7,10-14,16H2,1-5H3,(H,26,29). The number of hydrogen-bond donors (Lipinski definition) is 2. The van der Waals surface area contributed by atoms with Gasteiger partial charge in [-0.1, -0.05) is 0 Å². The van der Waals surface area contributed by atoms with Crippen molar-refractivity contribution in [2.24, 2.45) is 5.92 Å². The molecule has 0 saturated carbocycles. The number of likely N-dealkylation sites (tertiary alicyclic amines) is 1. The number of piperidine rings is 1. The van der Waals surface area contributed by atoms with E-state index in [0.717, 1.165) is 25.7 Å². The normalized spacial score (nSPS) is 15.4. The van der Waals surface area contributed by atoms with Crippen LogP contribution in [-0.2, 0) is 4.74 Å². The van der Waals surface area contributed by atoms with Gasteiger partial charge in [0.15, 0.2) is 0 Å². The average molecular weight is 453 g/mol. The minimum absolute atomic E-state index is 0.0874. The van der Waals surface area contributed by atoms with Crippen molar-refractivity contribution in [1.29, 1.82) is 0 Å². The van der Waals surface area contributed by atoms with Gasteiger partial charge in [0.05, 0.1) is 24.3 Å². The van der Waals surface area contributed by atoms with E-state index in [1.54, 1.807) is 24.8 Å². The molecule has 2 N–H and O–H groups in total. The number of halogens is 1. The van der Waals surface area contributed by atoms with E-state index in [1.807, 2.05) is 20.8 Å². The maximum Gasteiger partial charge on any atom is 0.410 e. The van der Waals surface area contributed by atoms with Gasteiger partial charge < -0.3 is 24.8 Å². The molecule has 2 rings (SSSR count). The first-order chi connectivity index (χ1) is 14.9. The Labute approximate surface area is 190 Å². The monoisotopic (exact) mass is 452 g/mol. The largest absolute Gasteiger partial charge is 0.493 e. The second-order valence-electron chi connectivity index (χ2n) is 10.0. The zero-order valence-corrected chi connectivity index (χ0v) is 19.9. The molecule has 0 aliphatic carbocycles. The van der Waals surface area contributed by atoms with Gasteiger partial charge >= 0.3 is 6.09 Å². The summed E-state index contributed by atoms with van der Waals surface area (Å²) in [6, 6.07) is 4.17. The van der Waals surface area contributed by atoms with E-state index in [-0.39, 0.29) is 18.3 Å². The molecule has 8 heteroatoms. The first-order valence-electron chi connectivity index (χ1n) is 11.2. The van der Waals surface area contributed by atoms with Crippen LogP contribution in [0.3, 0.4) is 0 Å². The summed E-state index contributed by atoms with van der Waals surface area (Å²) >= 11 is 0. The number of aliphatic hydroxyl groups excluding tert-OH is 1. The van der Waals surface area contributed by atoms with Crippen molar-refractivity contribution in [2.75, 3.05) is 26.3 Å². The lowest BCUT2D eigenvalue weighted by atomic mass is 9.92. The number of amides is 2. The van der Waals surface area contributed by atoms with E-state index in [1.165, 1.54) is 12.1 Å². The van der Waals surface area contributed by atoms with Crippen LogP contribution in [-0.4, -0.2) is 59.5 Å². The number of carbonyl (C=O) groups is 2. The predicted octanol–water partition coefficient (Wildman–Crippen LogP) is 4.13. The molecule has 1 aromatic rings. The molecule has 0 atom stereocenters. The number of nitrogens with zero attached hydrogens (tertiary/aromatic N) is 1. The summed E-state index contributed by atoms with van der Waals surface area (Å²) in [7, 11) is 0. The Morgan fingerprint density at radius 2 is 1.84 bits per heavy atom. The van der Waals surface area contributed by atoms with E-state index in [9.17, 15) is 19.1 Å². The van der Waals surface area contributed by atoms with Crippen molar-refractivity contribution in [3.8, 4) is 5.75 Å². The highest BCUT2D eigenvalue weighted by molar-refractivity contribution is 5.95. The SMILES string of the molecule is CC(C)(CO)NC(=O)c1ccc(OCCCC2CCN(C(=O)OC(C)(C)C)CC2)cc1F. The van der Waals surface area contributed by atoms with Gasteiger partial charge in [-0.25, -0.2) is 9.18 Å². The molecule has 2 amide bonds. The minimum atomic E-state index is -0.832. The Kier molecular flexibility index (Phi) is 8.89. The second kappa shape index (κ2) is 11.0. The van der Waals surface area contributed by atoms with E-state index < -0.39 is 22.9 Å². The number of benzene rings is 1. The van der Waals surface area contributed by atoms with Crippen LogP contribution < -0.4 is 10.1 Å². The molecule has 1 heterocycles. The second-order valence-corrected chi connectivity index (χ2v) is 10.0. The third-order valence-corrected chi connectivity index (χ3v) is 5.32. The van der Waals surface area contributed by atoms with E-state index >= 15 is 0 Å². The molecule has 0 unspecified atom stereocenters. The Bertz CT molecular complexity index is 783. The number of carbonyl (C=O) groups excluding carboxylic acids is 2. The van der Waals surface area contributed by atoms with Gasteiger partial charge in [0.25, 0.3) is 5.91 Å². The first kappa shape index (κ1) is 25.9. The van der Waals surface area contributed by atoms with Gasteiger partial charge in [-0.05, 0) is 78.4 Å². The van der Waals surface area contributed by atoms with Gasteiger partial charge in [-0.15, -0.1) is 0 Å². The molecule has 0 radical (unpaired) electrons. The highest BCUT2D eigenvalue weighted by Gasteiger charge is 2.26. The summed E-state index contributed by atoms with van der Waals surface area (Å²) in [6.45, 7) is 10.5. The smallest absolute Gasteiger partial charge is 0.410 e. The first-order valence-corrected chi connectivity index (χ1v) is 11.2. The van der Waals surface area contributed by atoms with Crippen LogP contribution in [0.2, 0.25) is 0 Å². The molecule has 7 nitrogen and oxygen atoms in total. The van der Waals surface area contributed by atoms with Crippen molar-refractivity contribution >= 4 is 12.0 Å². The third kappa shape index (κ3) is 8.30.